The number of fused-ring (bicyclic) bond motifs is 1. The quantitative estimate of drug-likeness (QED) is 0.632. The summed E-state index contributed by atoms with van der Waals surface area (Å²) in [6, 6.07) is 0. The first-order valence-corrected chi connectivity index (χ1v) is 11.1. The minimum absolute atomic E-state index is 0.0181. The fourth-order valence-corrected chi connectivity index (χ4v) is 5.15. The van der Waals surface area contributed by atoms with Crippen LogP contribution in [0.5, 0.6) is 0 Å². The standard InChI is InChI=1S/C21H34N2O3S/c1-6-26-21(25)19-16-9-7-8-10-17(16)27-20(19)22-18(24)13-23(11-14(2)3)12-15(4)5/h14-15H,6-13H2,1-5H3,(H,22,24)/p+1. The molecule has 0 fully saturated rings. The number of thiophene rings is 1. The topological polar surface area (TPSA) is 59.8 Å². The second-order valence-corrected chi connectivity index (χ2v) is 9.41. The van der Waals surface area contributed by atoms with Gasteiger partial charge in [-0.2, -0.15) is 0 Å². The average Bonchev–Trinajstić information content (AvgIpc) is 2.91. The summed E-state index contributed by atoms with van der Waals surface area (Å²) in [6.45, 7) is 13.3. The predicted octanol–water partition coefficient (Wildman–Crippen LogP) is 2.94. The normalized spacial score (nSPS) is 13.9. The molecule has 0 bridgehead atoms. The third kappa shape index (κ3) is 6.32. The van der Waals surface area contributed by atoms with Crippen molar-refractivity contribution in [2.24, 2.45) is 11.8 Å². The van der Waals surface area contributed by atoms with Crippen molar-refractivity contribution >= 4 is 28.2 Å². The highest BCUT2D eigenvalue weighted by molar-refractivity contribution is 7.17. The van der Waals surface area contributed by atoms with E-state index in [4.69, 9.17) is 4.74 Å². The van der Waals surface area contributed by atoms with E-state index in [0.29, 0.717) is 35.6 Å². The summed E-state index contributed by atoms with van der Waals surface area (Å²) in [6.07, 6.45) is 4.11. The molecule has 1 heterocycles. The number of quaternary nitrogens is 1. The molecule has 0 saturated carbocycles. The lowest BCUT2D eigenvalue weighted by Crippen LogP contribution is -3.14. The third-order valence-electron chi connectivity index (χ3n) is 4.71. The number of anilines is 1. The fraction of sp³-hybridized carbons (Fsp3) is 0.714. The van der Waals surface area contributed by atoms with Crippen LogP contribution in [0.15, 0.2) is 0 Å². The van der Waals surface area contributed by atoms with Crippen LogP contribution in [0.4, 0.5) is 5.00 Å². The first kappa shape index (κ1) is 21.9. The molecule has 0 unspecified atom stereocenters. The maximum Gasteiger partial charge on any atom is 0.341 e. The second-order valence-electron chi connectivity index (χ2n) is 8.31. The Morgan fingerprint density at radius 3 is 2.33 bits per heavy atom. The molecule has 1 aromatic rings. The summed E-state index contributed by atoms with van der Waals surface area (Å²) >= 11 is 1.56. The number of ether oxygens (including phenoxy) is 1. The maximum absolute atomic E-state index is 12.8. The van der Waals surface area contributed by atoms with E-state index in [1.807, 2.05) is 6.92 Å². The molecule has 0 radical (unpaired) electrons. The van der Waals surface area contributed by atoms with Crippen molar-refractivity contribution in [2.75, 3.05) is 31.6 Å². The number of hydrogen-bond acceptors (Lipinski definition) is 4. The molecule has 152 valence electrons. The molecular formula is C21H35N2O3S+. The van der Waals surface area contributed by atoms with E-state index in [1.165, 1.54) is 9.78 Å². The van der Waals surface area contributed by atoms with Gasteiger partial charge in [-0.3, -0.25) is 4.79 Å². The Balaban J connectivity index is 2.16. The highest BCUT2D eigenvalue weighted by Crippen LogP contribution is 2.38. The lowest BCUT2D eigenvalue weighted by Gasteiger charge is -2.22. The van der Waals surface area contributed by atoms with Crippen molar-refractivity contribution in [3.63, 3.8) is 0 Å². The number of amides is 1. The zero-order valence-electron chi connectivity index (χ0n) is 17.4. The van der Waals surface area contributed by atoms with E-state index in [2.05, 4.69) is 33.0 Å². The van der Waals surface area contributed by atoms with Crippen LogP contribution < -0.4 is 10.2 Å². The van der Waals surface area contributed by atoms with Crippen LogP contribution in [-0.4, -0.2) is 38.1 Å². The smallest absolute Gasteiger partial charge is 0.341 e. The molecule has 5 nitrogen and oxygen atoms in total. The molecule has 27 heavy (non-hydrogen) atoms. The fourth-order valence-electron chi connectivity index (χ4n) is 3.85. The van der Waals surface area contributed by atoms with Crippen LogP contribution in [0.3, 0.4) is 0 Å². The Bertz CT molecular complexity index is 642. The maximum atomic E-state index is 12.8. The molecule has 2 N–H and O–H groups in total. The van der Waals surface area contributed by atoms with Crippen LogP contribution in [0, 0.1) is 11.8 Å². The lowest BCUT2D eigenvalue weighted by atomic mass is 9.95. The van der Waals surface area contributed by atoms with E-state index in [9.17, 15) is 9.59 Å². The van der Waals surface area contributed by atoms with Gasteiger partial charge in [0, 0.05) is 16.7 Å². The van der Waals surface area contributed by atoms with Crippen molar-refractivity contribution in [2.45, 2.75) is 60.3 Å². The average molecular weight is 396 g/mol. The van der Waals surface area contributed by atoms with Gasteiger partial charge in [0.15, 0.2) is 6.54 Å². The highest BCUT2D eigenvalue weighted by atomic mass is 32.1. The molecular weight excluding hydrogens is 360 g/mol. The summed E-state index contributed by atoms with van der Waals surface area (Å²) in [5, 5.41) is 3.72. The van der Waals surface area contributed by atoms with Crippen molar-refractivity contribution in [3.8, 4) is 0 Å². The summed E-state index contributed by atoms with van der Waals surface area (Å²) in [5.41, 5.74) is 1.69. The van der Waals surface area contributed by atoms with Gasteiger partial charge < -0.3 is 15.0 Å². The Labute approximate surface area is 167 Å². The Morgan fingerprint density at radius 2 is 1.74 bits per heavy atom. The van der Waals surface area contributed by atoms with Gasteiger partial charge in [0.05, 0.1) is 25.3 Å². The monoisotopic (exact) mass is 395 g/mol. The first-order valence-electron chi connectivity index (χ1n) is 10.3. The number of hydrogen-bond donors (Lipinski definition) is 2. The van der Waals surface area contributed by atoms with E-state index < -0.39 is 0 Å². The Hall–Kier alpha value is -1.40. The van der Waals surface area contributed by atoms with Gasteiger partial charge in [0.25, 0.3) is 5.91 Å². The van der Waals surface area contributed by atoms with Crippen LogP contribution in [0.2, 0.25) is 0 Å². The SMILES string of the molecule is CCOC(=O)c1c(NC(=O)C[NH+](CC(C)C)CC(C)C)sc2c1CCCC2. The van der Waals surface area contributed by atoms with Gasteiger partial charge in [-0.1, -0.05) is 27.7 Å². The van der Waals surface area contributed by atoms with Gasteiger partial charge in [-0.05, 0) is 38.2 Å². The molecule has 1 aliphatic rings. The number of esters is 1. The summed E-state index contributed by atoms with van der Waals surface area (Å²) < 4.78 is 5.27. The zero-order valence-corrected chi connectivity index (χ0v) is 18.3. The molecule has 0 saturated heterocycles. The number of carbonyl (C=O) groups excluding carboxylic acids is 2. The van der Waals surface area contributed by atoms with Gasteiger partial charge in [0.2, 0.25) is 0 Å². The first-order chi connectivity index (χ1) is 12.8. The second kappa shape index (κ2) is 10.2. The molecule has 1 aromatic heterocycles. The van der Waals surface area contributed by atoms with Crippen LogP contribution >= 0.6 is 11.3 Å². The van der Waals surface area contributed by atoms with Crippen LogP contribution in [0.25, 0.3) is 0 Å². The van der Waals surface area contributed by atoms with Crippen LogP contribution in [-0.2, 0) is 22.4 Å². The van der Waals surface area contributed by atoms with Crippen molar-refractivity contribution in [1.82, 2.24) is 0 Å². The highest BCUT2D eigenvalue weighted by Gasteiger charge is 2.28. The van der Waals surface area contributed by atoms with E-state index in [-0.39, 0.29) is 11.9 Å². The van der Waals surface area contributed by atoms with Crippen molar-refractivity contribution in [1.29, 1.82) is 0 Å². The molecule has 0 aromatic carbocycles. The largest absolute Gasteiger partial charge is 0.462 e. The van der Waals surface area contributed by atoms with E-state index >= 15 is 0 Å². The molecule has 1 amide bonds. The molecule has 2 rings (SSSR count). The predicted molar refractivity (Wildman–Crippen MR) is 111 cm³/mol. The number of nitrogens with one attached hydrogen (secondary N) is 2. The third-order valence-corrected chi connectivity index (χ3v) is 5.92. The Kier molecular flexibility index (Phi) is 8.29. The summed E-state index contributed by atoms with van der Waals surface area (Å²) in [5.74, 6) is 0.752. The zero-order chi connectivity index (χ0) is 20.0. The van der Waals surface area contributed by atoms with Crippen molar-refractivity contribution in [3.05, 3.63) is 16.0 Å². The van der Waals surface area contributed by atoms with Crippen molar-refractivity contribution < 1.29 is 19.2 Å². The van der Waals surface area contributed by atoms with Crippen LogP contribution in [0.1, 0.15) is 68.3 Å². The van der Waals surface area contributed by atoms with Gasteiger partial charge >= 0.3 is 5.97 Å². The molecule has 0 aliphatic heterocycles. The molecule has 1 aliphatic carbocycles. The molecule has 0 spiro atoms. The summed E-state index contributed by atoms with van der Waals surface area (Å²) in [4.78, 5) is 27.8. The number of aryl methyl sites for hydroxylation is 1. The lowest BCUT2D eigenvalue weighted by molar-refractivity contribution is -0.897. The Morgan fingerprint density at radius 1 is 1.11 bits per heavy atom. The number of carbonyl (C=O) groups is 2. The van der Waals surface area contributed by atoms with Gasteiger partial charge in [-0.25, -0.2) is 4.79 Å². The van der Waals surface area contributed by atoms with E-state index in [1.54, 1.807) is 11.3 Å². The molecule has 6 heteroatoms. The minimum atomic E-state index is -0.305. The minimum Gasteiger partial charge on any atom is -0.462 e. The molecule has 0 atom stereocenters. The van der Waals surface area contributed by atoms with Gasteiger partial charge in [-0.15, -0.1) is 11.3 Å². The summed E-state index contributed by atoms with van der Waals surface area (Å²) in [7, 11) is 0. The van der Waals surface area contributed by atoms with Gasteiger partial charge in [0.1, 0.15) is 5.00 Å². The van der Waals surface area contributed by atoms with E-state index in [0.717, 1.165) is 44.3 Å². The number of rotatable bonds is 9.